The molecule has 1 aliphatic heterocycles. The van der Waals surface area contributed by atoms with Crippen molar-refractivity contribution in [3.05, 3.63) is 54.2 Å². The normalized spacial score (nSPS) is 14.8. The lowest BCUT2D eigenvalue weighted by molar-refractivity contribution is -0.364. The van der Waals surface area contributed by atoms with E-state index in [-0.39, 0.29) is 12.0 Å². The summed E-state index contributed by atoms with van der Waals surface area (Å²) in [5, 5.41) is 0. The van der Waals surface area contributed by atoms with E-state index in [9.17, 15) is 4.79 Å². The van der Waals surface area contributed by atoms with Crippen molar-refractivity contribution in [2.45, 2.75) is 20.0 Å². The second-order valence-corrected chi connectivity index (χ2v) is 6.22. The molecule has 1 aromatic heterocycles. The van der Waals surface area contributed by atoms with Gasteiger partial charge in [0, 0.05) is 11.6 Å². The molecule has 0 bridgehead atoms. The molecule has 0 radical (unpaired) electrons. The molecule has 5 nitrogen and oxygen atoms in total. The SMILES string of the molecule is CC(C)Oc1ccc(C(=O)N2CCN(c3cccc[nH+]3)CC2)cc1. The lowest BCUT2D eigenvalue weighted by atomic mass is 10.1. The van der Waals surface area contributed by atoms with Crippen LogP contribution in [-0.2, 0) is 0 Å². The Morgan fingerprint density at radius 3 is 2.33 bits per heavy atom. The molecule has 1 fully saturated rings. The van der Waals surface area contributed by atoms with E-state index in [0.717, 1.165) is 37.7 Å². The summed E-state index contributed by atoms with van der Waals surface area (Å²) >= 11 is 0. The average molecular weight is 326 g/mol. The number of benzene rings is 1. The van der Waals surface area contributed by atoms with Crippen molar-refractivity contribution in [2.24, 2.45) is 0 Å². The van der Waals surface area contributed by atoms with Gasteiger partial charge >= 0.3 is 0 Å². The summed E-state index contributed by atoms with van der Waals surface area (Å²) in [5.74, 6) is 1.98. The van der Waals surface area contributed by atoms with Crippen molar-refractivity contribution in [3.63, 3.8) is 0 Å². The van der Waals surface area contributed by atoms with Crippen LogP contribution in [0.25, 0.3) is 0 Å². The lowest BCUT2D eigenvalue weighted by Crippen LogP contribution is -2.50. The Hall–Kier alpha value is -2.56. The molecule has 3 rings (SSSR count). The third-order valence-electron chi connectivity index (χ3n) is 4.07. The van der Waals surface area contributed by atoms with E-state index in [1.54, 1.807) is 0 Å². The average Bonchev–Trinajstić information content (AvgIpc) is 2.62. The molecule has 0 aliphatic carbocycles. The van der Waals surface area contributed by atoms with E-state index in [1.165, 1.54) is 0 Å². The van der Waals surface area contributed by atoms with Crippen LogP contribution in [0.5, 0.6) is 5.75 Å². The first kappa shape index (κ1) is 16.3. The van der Waals surface area contributed by atoms with E-state index in [0.29, 0.717) is 5.56 Å². The number of piperazine rings is 1. The highest BCUT2D eigenvalue weighted by Gasteiger charge is 2.26. The number of aromatic nitrogens is 1. The Labute approximate surface area is 142 Å². The molecule has 1 aromatic carbocycles. The highest BCUT2D eigenvalue weighted by Crippen LogP contribution is 2.17. The number of hydrogen-bond acceptors (Lipinski definition) is 3. The van der Waals surface area contributed by atoms with Crippen LogP contribution in [0.1, 0.15) is 24.2 Å². The molecule has 2 heterocycles. The summed E-state index contributed by atoms with van der Waals surface area (Å²) < 4.78 is 5.62. The molecule has 5 heteroatoms. The van der Waals surface area contributed by atoms with Crippen molar-refractivity contribution in [3.8, 4) is 5.75 Å². The van der Waals surface area contributed by atoms with Crippen LogP contribution in [0.2, 0.25) is 0 Å². The highest BCUT2D eigenvalue weighted by molar-refractivity contribution is 5.94. The zero-order chi connectivity index (χ0) is 16.9. The van der Waals surface area contributed by atoms with Crippen molar-refractivity contribution >= 4 is 11.7 Å². The summed E-state index contributed by atoms with van der Waals surface area (Å²) in [7, 11) is 0. The van der Waals surface area contributed by atoms with Gasteiger partial charge in [-0.3, -0.25) is 9.69 Å². The van der Waals surface area contributed by atoms with E-state index < -0.39 is 0 Å². The third-order valence-corrected chi connectivity index (χ3v) is 4.07. The fourth-order valence-electron chi connectivity index (χ4n) is 2.86. The fourth-order valence-corrected chi connectivity index (χ4v) is 2.86. The van der Waals surface area contributed by atoms with Crippen LogP contribution in [0.3, 0.4) is 0 Å². The number of H-pyrrole nitrogens is 1. The molecule has 0 unspecified atom stereocenters. The van der Waals surface area contributed by atoms with Gasteiger partial charge in [0.05, 0.1) is 25.4 Å². The Morgan fingerprint density at radius 1 is 1.04 bits per heavy atom. The Kier molecular flexibility index (Phi) is 4.99. The Morgan fingerprint density at radius 2 is 1.75 bits per heavy atom. The monoisotopic (exact) mass is 326 g/mol. The van der Waals surface area contributed by atoms with Crippen LogP contribution < -0.4 is 14.6 Å². The molecule has 1 saturated heterocycles. The van der Waals surface area contributed by atoms with Gasteiger partial charge in [0.2, 0.25) is 0 Å². The largest absolute Gasteiger partial charge is 0.491 e. The highest BCUT2D eigenvalue weighted by atomic mass is 16.5. The molecule has 126 valence electrons. The molecule has 2 aromatic rings. The van der Waals surface area contributed by atoms with Crippen molar-refractivity contribution in [1.29, 1.82) is 0 Å². The quantitative estimate of drug-likeness (QED) is 0.866. The summed E-state index contributed by atoms with van der Waals surface area (Å²) in [4.78, 5) is 20.1. The van der Waals surface area contributed by atoms with E-state index in [1.807, 2.05) is 61.3 Å². The zero-order valence-electron chi connectivity index (χ0n) is 14.2. The van der Waals surface area contributed by atoms with Crippen molar-refractivity contribution < 1.29 is 14.5 Å². The topological polar surface area (TPSA) is 46.9 Å². The second kappa shape index (κ2) is 7.34. The van der Waals surface area contributed by atoms with Gasteiger partial charge in [0.25, 0.3) is 11.7 Å². The number of nitrogens with zero attached hydrogens (tertiary/aromatic N) is 2. The predicted octanol–water partition coefficient (Wildman–Crippen LogP) is 2.25. The van der Waals surface area contributed by atoms with E-state index in [2.05, 4.69) is 16.0 Å². The minimum absolute atomic E-state index is 0.0859. The zero-order valence-corrected chi connectivity index (χ0v) is 14.2. The Balaban J connectivity index is 1.59. The fraction of sp³-hybridized carbons (Fsp3) is 0.368. The summed E-state index contributed by atoms with van der Waals surface area (Å²) in [6.45, 7) is 7.10. The molecule has 0 spiro atoms. The molecular formula is C19H24N3O2+. The number of pyridine rings is 1. The van der Waals surface area contributed by atoms with Gasteiger partial charge in [-0.05, 0) is 44.2 Å². The minimum Gasteiger partial charge on any atom is -0.491 e. The number of anilines is 1. The van der Waals surface area contributed by atoms with Crippen LogP contribution in [-0.4, -0.2) is 43.1 Å². The molecule has 1 N–H and O–H groups in total. The van der Waals surface area contributed by atoms with E-state index >= 15 is 0 Å². The molecule has 24 heavy (non-hydrogen) atoms. The first-order valence-electron chi connectivity index (χ1n) is 8.41. The molecule has 1 aliphatic rings. The van der Waals surface area contributed by atoms with Crippen molar-refractivity contribution in [2.75, 3.05) is 31.1 Å². The predicted molar refractivity (Wildman–Crippen MR) is 93.3 cm³/mol. The molecule has 0 saturated carbocycles. The maximum atomic E-state index is 12.6. The van der Waals surface area contributed by atoms with Crippen molar-refractivity contribution in [1.82, 2.24) is 4.90 Å². The number of carbonyl (C=O) groups excluding carboxylic acids is 1. The number of amides is 1. The Bertz CT molecular complexity index is 663. The van der Waals surface area contributed by atoms with Crippen LogP contribution in [0, 0.1) is 0 Å². The minimum atomic E-state index is 0.0859. The lowest BCUT2D eigenvalue weighted by Gasteiger charge is -2.31. The van der Waals surface area contributed by atoms with Gasteiger partial charge in [-0.2, -0.15) is 0 Å². The number of ether oxygens (including phenoxy) is 1. The van der Waals surface area contributed by atoms with Gasteiger partial charge in [-0.25, -0.2) is 4.98 Å². The van der Waals surface area contributed by atoms with Gasteiger partial charge < -0.3 is 9.64 Å². The number of carbonyl (C=O) groups is 1. The molecule has 0 atom stereocenters. The summed E-state index contributed by atoms with van der Waals surface area (Å²) in [5.41, 5.74) is 0.714. The number of nitrogens with one attached hydrogen (secondary N) is 1. The van der Waals surface area contributed by atoms with Gasteiger partial charge in [0.1, 0.15) is 18.8 Å². The maximum Gasteiger partial charge on any atom is 0.274 e. The molecule has 1 amide bonds. The van der Waals surface area contributed by atoms with Crippen LogP contribution in [0.4, 0.5) is 5.82 Å². The maximum absolute atomic E-state index is 12.6. The smallest absolute Gasteiger partial charge is 0.274 e. The van der Waals surface area contributed by atoms with Gasteiger partial charge in [0.15, 0.2) is 0 Å². The van der Waals surface area contributed by atoms with Crippen LogP contribution >= 0.6 is 0 Å². The van der Waals surface area contributed by atoms with E-state index in [4.69, 9.17) is 4.74 Å². The standard InChI is InChI=1S/C19H23N3O2/c1-15(2)24-17-8-6-16(7-9-17)19(23)22-13-11-21(12-14-22)18-5-3-4-10-20-18/h3-10,15H,11-14H2,1-2H3/p+1. The first-order valence-corrected chi connectivity index (χ1v) is 8.41. The van der Waals surface area contributed by atoms with Gasteiger partial charge in [-0.15, -0.1) is 0 Å². The number of hydrogen-bond donors (Lipinski definition) is 0. The first-order chi connectivity index (χ1) is 11.6. The van der Waals surface area contributed by atoms with Gasteiger partial charge in [-0.1, -0.05) is 6.07 Å². The number of aromatic amines is 1. The summed E-state index contributed by atoms with van der Waals surface area (Å²) in [6.07, 6.45) is 2.06. The number of rotatable bonds is 4. The third kappa shape index (κ3) is 3.85. The van der Waals surface area contributed by atoms with Crippen LogP contribution in [0.15, 0.2) is 48.7 Å². The summed E-state index contributed by atoms with van der Waals surface area (Å²) in [6, 6.07) is 13.5. The molecular weight excluding hydrogens is 302 g/mol. The second-order valence-electron chi connectivity index (χ2n) is 6.22.